The molecular formula is C12H13F3O. The molecule has 16 heavy (non-hydrogen) atoms. The summed E-state index contributed by atoms with van der Waals surface area (Å²) in [6.07, 6.45) is -3.17. The first-order valence-electron chi connectivity index (χ1n) is 4.84. The molecule has 1 aromatic carbocycles. The predicted octanol–water partition coefficient (Wildman–Crippen LogP) is 4.14. The maximum Gasteiger partial charge on any atom is 0.416 e. The van der Waals surface area contributed by atoms with Crippen LogP contribution in [-0.2, 0) is 6.18 Å². The molecule has 0 aliphatic rings. The quantitative estimate of drug-likeness (QED) is 0.758. The van der Waals surface area contributed by atoms with E-state index in [1.807, 2.05) is 0 Å². The summed E-state index contributed by atoms with van der Waals surface area (Å²) in [6.45, 7) is 6.97. The van der Waals surface area contributed by atoms with Crippen molar-refractivity contribution in [3.8, 4) is 5.75 Å². The summed E-state index contributed by atoms with van der Waals surface area (Å²) >= 11 is 0. The van der Waals surface area contributed by atoms with Gasteiger partial charge < -0.3 is 4.74 Å². The first kappa shape index (κ1) is 12.6. The zero-order chi connectivity index (χ0) is 12.3. The van der Waals surface area contributed by atoms with Gasteiger partial charge in [0.25, 0.3) is 0 Å². The highest BCUT2D eigenvalue weighted by atomic mass is 19.4. The second-order valence-corrected chi connectivity index (χ2v) is 3.66. The summed E-state index contributed by atoms with van der Waals surface area (Å²) in [5, 5.41) is 0. The largest absolute Gasteiger partial charge is 0.491 e. The van der Waals surface area contributed by atoms with Gasteiger partial charge in [0.2, 0.25) is 0 Å². The summed E-state index contributed by atoms with van der Waals surface area (Å²) in [4.78, 5) is 0. The van der Waals surface area contributed by atoms with Crippen LogP contribution in [0.25, 0.3) is 6.08 Å². The van der Waals surface area contributed by atoms with E-state index in [0.29, 0.717) is 5.56 Å². The Morgan fingerprint density at radius 1 is 1.25 bits per heavy atom. The van der Waals surface area contributed by atoms with Crippen molar-refractivity contribution in [1.82, 2.24) is 0 Å². The van der Waals surface area contributed by atoms with E-state index in [2.05, 4.69) is 6.58 Å². The Labute approximate surface area is 92.5 Å². The van der Waals surface area contributed by atoms with Crippen LogP contribution in [0.4, 0.5) is 13.2 Å². The molecule has 1 aromatic rings. The summed E-state index contributed by atoms with van der Waals surface area (Å²) in [7, 11) is 0. The van der Waals surface area contributed by atoms with Gasteiger partial charge in [0, 0.05) is 0 Å². The van der Waals surface area contributed by atoms with E-state index in [9.17, 15) is 13.2 Å². The molecule has 0 fully saturated rings. The third kappa shape index (κ3) is 3.29. The Morgan fingerprint density at radius 3 is 2.31 bits per heavy atom. The number of ether oxygens (including phenoxy) is 1. The summed E-state index contributed by atoms with van der Waals surface area (Å²) < 4.78 is 42.8. The van der Waals surface area contributed by atoms with Crippen LogP contribution >= 0.6 is 0 Å². The number of hydrogen-bond acceptors (Lipinski definition) is 1. The summed E-state index contributed by atoms with van der Waals surface area (Å²) in [5.41, 5.74) is -0.328. The van der Waals surface area contributed by atoms with Gasteiger partial charge in [0.15, 0.2) is 0 Å². The number of hydrogen-bond donors (Lipinski definition) is 0. The molecule has 1 rings (SSSR count). The Morgan fingerprint density at radius 2 is 1.88 bits per heavy atom. The van der Waals surface area contributed by atoms with E-state index < -0.39 is 11.7 Å². The maximum atomic E-state index is 12.5. The Bertz CT molecular complexity index is 380. The third-order valence-electron chi connectivity index (χ3n) is 1.86. The SMILES string of the molecule is C=Cc1cc(OC(C)C)cc(C(F)(F)F)c1. The van der Waals surface area contributed by atoms with Crippen LogP contribution in [0.5, 0.6) is 5.75 Å². The van der Waals surface area contributed by atoms with Crippen LogP contribution in [0.3, 0.4) is 0 Å². The first-order chi connectivity index (χ1) is 7.32. The molecule has 0 amide bonds. The average molecular weight is 230 g/mol. The van der Waals surface area contributed by atoms with E-state index in [1.165, 1.54) is 12.1 Å². The molecule has 0 bridgehead atoms. The minimum absolute atomic E-state index is 0.166. The van der Waals surface area contributed by atoms with E-state index in [-0.39, 0.29) is 11.9 Å². The molecule has 88 valence electrons. The van der Waals surface area contributed by atoms with Gasteiger partial charge in [-0.25, -0.2) is 0 Å². The molecule has 0 aliphatic carbocycles. The van der Waals surface area contributed by atoms with Crippen LogP contribution in [0.1, 0.15) is 25.0 Å². The fourth-order valence-electron chi connectivity index (χ4n) is 1.24. The molecule has 0 unspecified atom stereocenters. The van der Waals surface area contributed by atoms with Gasteiger partial charge in [-0.15, -0.1) is 0 Å². The topological polar surface area (TPSA) is 9.23 Å². The normalized spacial score (nSPS) is 11.6. The lowest BCUT2D eigenvalue weighted by Crippen LogP contribution is -2.09. The Balaban J connectivity index is 3.16. The van der Waals surface area contributed by atoms with Crippen molar-refractivity contribution in [3.63, 3.8) is 0 Å². The third-order valence-corrected chi connectivity index (χ3v) is 1.86. The Kier molecular flexibility index (Phi) is 3.62. The summed E-state index contributed by atoms with van der Waals surface area (Å²) in [5.74, 6) is 0.208. The lowest BCUT2D eigenvalue weighted by molar-refractivity contribution is -0.137. The molecule has 0 N–H and O–H groups in total. The van der Waals surface area contributed by atoms with E-state index in [1.54, 1.807) is 13.8 Å². The zero-order valence-corrected chi connectivity index (χ0v) is 9.14. The van der Waals surface area contributed by atoms with Crippen molar-refractivity contribution in [2.45, 2.75) is 26.1 Å². The van der Waals surface area contributed by atoms with E-state index in [0.717, 1.165) is 12.1 Å². The first-order valence-corrected chi connectivity index (χ1v) is 4.84. The van der Waals surface area contributed by atoms with Gasteiger partial charge in [-0.2, -0.15) is 13.2 Å². The van der Waals surface area contributed by atoms with Crippen molar-refractivity contribution in [2.75, 3.05) is 0 Å². The number of benzene rings is 1. The fraction of sp³-hybridized carbons (Fsp3) is 0.333. The highest BCUT2D eigenvalue weighted by Crippen LogP contribution is 2.33. The van der Waals surface area contributed by atoms with Crippen LogP contribution in [0, 0.1) is 0 Å². The molecule has 0 saturated carbocycles. The second-order valence-electron chi connectivity index (χ2n) is 3.66. The standard InChI is InChI=1S/C12H13F3O/c1-4-9-5-10(12(13,14)15)7-11(6-9)16-8(2)3/h4-8H,1H2,2-3H3. The van der Waals surface area contributed by atoms with Crippen LogP contribution in [0.15, 0.2) is 24.8 Å². The Hall–Kier alpha value is -1.45. The minimum atomic E-state index is -4.37. The number of rotatable bonds is 3. The molecule has 4 heteroatoms. The number of halogens is 3. The predicted molar refractivity (Wildman–Crippen MR) is 57.3 cm³/mol. The second kappa shape index (κ2) is 4.60. The van der Waals surface area contributed by atoms with Gasteiger partial charge in [0.1, 0.15) is 5.75 Å². The van der Waals surface area contributed by atoms with Crippen molar-refractivity contribution in [2.24, 2.45) is 0 Å². The van der Waals surface area contributed by atoms with Crippen molar-refractivity contribution in [3.05, 3.63) is 35.9 Å². The highest BCUT2D eigenvalue weighted by molar-refractivity contribution is 5.52. The zero-order valence-electron chi connectivity index (χ0n) is 9.14. The number of alkyl halides is 3. The van der Waals surface area contributed by atoms with Gasteiger partial charge >= 0.3 is 6.18 Å². The molecule has 0 saturated heterocycles. The van der Waals surface area contributed by atoms with Crippen molar-refractivity contribution >= 4 is 6.08 Å². The lowest BCUT2D eigenvalue weighted by Gasteiger charge is -2.13. The lowest BCUT2D eigenvalue weighted by atomic mass is 10.1. The molecular weight excluding hydrogens is 217 g/mol. The van der Waals surface area contributed by atoms with Crippen molar-refractivity contribution < 1.29 is 17.9 Å². The van der Waals surface area contributed by atoms with Gasteiger partial charge in [-0.1, -0.05) is 12.7 Å². The average Bonchev–Trinajstić information content (AvgIpc) is 2.14. The van der Waals surface area contributed by atoms with Gasteiger partial charge in [0.05, 0.1) is 11.7 Å². The molecule has 0 heterocycles. The molecule has 1 nitrogen and oxygen atoms in total. The monoisotopic (exact) mass is 230 g/mol. The highest BCUT2D eigenvalue weighted by Gasteiger charge is 2.31. The van der Waals surface area contributed by atoms with Crippen LogP contribution in [-0.4, -0.2) is 6.10 Å². The maximum absolute atomic E-state index is 12.5. The van der Waals surface area contributed by atoms with E-state index in [4.69, 9.17) is 4.74 Å². The smallest absolute Gasteiger partial charge is 0.416 e. The minimum Gasteiger partial charge on any atom is -0.491 e. The van der Waals surface area contributed by atoms with Crippen LogP contribution in [0.2, 0.25) is 0 Å². The molecule has 0 radical (unpaired) electrons. The molecule has 0 aliphatic heterocycles. The van der Waals surface area contributed by atoms with Crippen LogP contribution < -0.4 is 4.74 Å². The van der Waals surface area contributed by atoms with Gasteiger partial charge in [-0.3, -0.25) is 0 Å². The van der Waals surface area contributed by atoms with E-state index >= 15 is 0 Å². The van der Waals surface area contributed by atoms with Crippen molar-refractivity contribution in [1.29, 1.82) is 0 Å². The molecule has 0 aromatic heterocycles. The fourth-order valence-corrected chi connectivity index (χ4v) is 1.24. The summed E-state index contributed by atoms with van der Waals surface area (Å²) in [6, 6.07) is 3.56. The molecule has 0 spiro atoms. The molecule has 0 atom stereocenters. The van der Waals surface area contributed by atoms with Gasteiger partial charge in [-0.05, 0) is 37.6 Å².